The molecule has 2 rings (SSSR count). The van der Waals surface area contributed by atoms with Crippen molar-refractivity contribution >= 4 is 46.8 Å². The molecule has 0 saturated carbocycles. The van der Waals surface area contributed by atoms with Crippen molar-refractivity contribution in [1.82, 2.24) is 10.3 Å². The number of ether oxygens (including phenoxy) is 2. The first kappa shape index (κ1) is 23.4. The molecule has 10 heteroatoms. The van der Waals surface area contributed by atoms with Crippen LogP contribution in [0.15, 0.2) is 18.2 Å². The number of aromatic nitrogens is 1. The van der Waals surface area contributed by atoms with Crippen LogP contribution in [-0.2, 0) is 14.3 Å². The third kappa shape index (κ3) is 5.20. The van der Waals surface area contributed by atoms with E-state index in [-0.39, 0.29) is 21.8 Å². The molecule has 0 fully saturated rings. The molecular weight excluding hydrogens is 435 g/mol. The maximum atomic E-state index is 12.6. The summed E-state index contributed by atoms with van der Waals surface area (Å²) in [5.41, 5.74) is 1.41. The van der Waals surface area contributed by atoms with Gasteiger partial charge in [-0.15, -0.1) is 0 Å². The quantitative estimate of drug-likeness (QED) is 0.489. The molecule has 2 aromatic rings. The summed E-state index contributed by atoms with van der Waals surface area (Å²) in [7, 11) is 1.24. The summed E-state index contributed by atoms with van der Waals surface area (Å²) in [6.45, 7) is 4.15. The third-order valence-electron chi connectivity index (χ3n) is 4.32. The van der Waals surface area contributed by atoms with E-state index < -0.39 is 36.3 Å². The Kier molecular flexibility index (Phi) is 7.64. The molecule has 1 unspecified atom stereocenters. The highest BCUT2D eigenvalue weighted by atomic mass is 35.5. The Morgan fingerprint density at radius 2 is 1.83 bits per heavy atom. The number of rotatable bonds is 7. The number of H-pyrrole nitrogens is 1. The number of Topliss-reactive ketones (excluding diaryl/α,β-unsaturated/α-hetero) is 1. The van der Waals surface area contributed by atoms with Crippen molar-refractivity contribution < 1.29 is 28.7 Å². The number of hydrogen-bond donors (Lipinski definition) is 2. The van der Waals surface area contributed by atoms with Gasteiger partial charge < -0.3 is 19.8 Å². The third-order valence-corrected chi connectivity index (χ3v) is 4.87. The van der Waals surface area contributed by atoms with Crippen LogP contribution >= 0.6 is 23.2 Å². The van der Waals surface area contributed by atoms with Crippen molar-refractivity contribution in [1.29, 1.82) is 0 Å². The smallest absolute Gasteiger partial charge is 0.339 e. The summed E-state index contributed by atoms with van der Waals surface area (Å²) in [5.74, 6) is -2.51. The fraction of sp³-hybridized carbons (Fsp3) is 0.300. The predicted octanol–water partition coefficient (Wildman–Crippen LogP) is 3.27. The number of ketones is 1. The molecule has 0 saturated heterocycles. The van der Waals surface area contributed by atoms with Crippen molar-refractivity contribution in [3.05, 3.63) is 56.3 Å². The summed E-state index contributed by atoms with van der Waals surface area (Å²) in [4.78, 5) is 51.5. The summed E-state index contributed by atoms with van der Waals surface area (Å²) in [6.07, 6.45) is -1.14. The van der Waals surface area contributed by atoms with Crippen LogP contribution in [0.2, 0.25) is 10.0 Å². The van der Waals surface area contributed by atoms with Crippen LogP contribution in [0.3, 0.4) is 0 Å². The molecule has 0 aliphatic heterocycles. The van der Waals surface area contributed by atoms with Crippen molar-refractivity contribution in [3.8, 4) is 0 Å². The van der Waals surface area contributed by atoms with Gasteiger partial charge in [0.25, 0.3) is 5.91 Å². The topological polar surface area (TPSA) is 115 Å². The molecule has 2 N–H and O–H groups in total. The molecule has 0 aliphatic carbocycles. The van der Waals surface area contributed by atoms with Crippen LogP contribution in [0.5, 0.6) is 0 Å². The molecule has 1 amide bonds. The highest BCUT2D eigenvalue weighted by Crippen LogP contribution is 2.22. The average molecular weight is 455 g/mol. The maximum absolute atomic E-state index is 12.6. The van der Waals surface area contributed by atoms with Crippen LogP contribution in [0.4, 0.5) is 0 Å². The number of aryl methyl sites for hydroxylation is 1. The minimum Gasteiger partial charge on any atom is -0.465 e. The zero-order chi connectivity index (χ0) is 22.6. The Labute approximate surface area is 182 Å². The molecule has 1 heterocycles. The number of aromatic amines is 1. The predicted molar refractivity (Wildman–Crippen MR) is 110 cm³/mol. The first-order valence-electron chi connectivity index (χ1n) is 8.81. The van der Waals surface area contributed by atoms with Gasteiger partial charge in [-0.25, -0.2) is 4.79 Å². The van der Waals surface area contributed by atoms with Crippen LogP contribution in [0.25, 0.3) is 0 Å². The minimum atomic E-state index is -1.14. The number of amides is 1. The number of hydrogen-bond acceptors (Lipinski definition) is 6. The summed E-state index contributed by atoms with van der Waals surface area (Å²) < 4.78 is 9.81. The first-order valence-corrected chi connectivity index (χ1v) is 9.56. The van der Waals surface area contributed by atoms with E-state index in [4.69, 9.17) is 32.7 Å². The van der Waals surface area contributed by atoms with Crippen LogP contribution in [0.1, 0.15) is 49.4 Å². The van der Waals surface area contributed by atoms with E-state index in [0.29, 0.717) is 16.3 Å². The van der Waals surface area contributed by atoms with Gasteiger partial charge in [-0.05, 0) is 44.5 Å². The Hall–Kier alpha value is -2.84. The number of esters is 2. The average Bonchev–Trinajstić information content (AvgIpc) is 2.98. The first-order chi connectivity index (χ1) is 14.1. The SMILES string of the molecule is COC(=O)c1c(C)[nH]c(C(=O)C(C)OC(=O)CNC(=O)c2ccc(Cl)cc2Cl)c1C. The van der Waals surface area contributed by atoms with Crippen molar-refractivity contribution in [3.63, 3.8) is 0 Å². The lowest BCUT2D eigenvalue weighted by Gasteiger charge is -2.13. The van der Waals surface area contributed by atoms with Gasteiger partial charge >= 0.3 is 11.9 Å². The van der Waals surface area contributed by atoms with Crippen molar-refractivity contribution in [2.75, 3.05) is 13.7 Å². The van der Waals surface area contributed by atoms with E-state index in [1.165, 1.54) is 32.2 Å². The Balaban J connectivity index is 1.99. The van der Waals surface area contributed by atoms with Crippen molar-refractivity contribution in [2.45, 2.75) is 26.9 Å². The number of carbonyl (C=O) groups excluding carboxylic acids is 4. The fourth-order valence-corrected chi connectivity index (χ4v) is 3.32. The van der Waals surface area contributed by atoms with Crippen LogP contribution < -0.4 is 5.32 Å². The maximum Gasteiger partial charge on any atom is 0.339 e. The van der Waals surface area contributed by atoms with Gasteiger partial charge in [-0.3, -0.25) is 14.4 Å². The molecule has 0 spiro atoms. The van der Waals surface area contributed by atoms with Crippen LogP contribution in [-0.4, -0.2) is 48.4 Å². The van der Waals surface area contributed by atoms with Gasteiger partial charge in [0.15, 0.2) is 6.10 Å². The number of halogens is 2. The molecule has 30 heavy (non-hydrogen) atoms. The Bertz CT molecular complexity index is 1010. The number of methoxy groups -OCH3 is 1. The van der Waals surface area contributed by atoms with Gasteiger partial charge in [0.05, 0.1) is 29.0 Å². The molecule has 1 aromatic carbocycles. The molecule has 1 atom stereocenters. The molecule has 0 radical (unpaired) electrons. The normalized spacial score (nSPS) is 11.5. The summed E-state index contributed by atoms with van der Waals surface area (Å²) in [5, 5.41) is 2.87. The zero-order valence-electron chi connectivity index (χ0n) is 16.7. The van der Waals surface area contributed by atoms with E-state index in [2.05, 4.69) is 10.3 Å². The molecule has 8 nitrogen and oxygen atoms in total. The molecular formula is C20H20Cl2N2O6. The van der Waals surface area contributed by atoms with E-state index in [9.17, 15) is 19.2 Å². The van der Waals surface area contributed by atoms with Gasteiger partial charge in [0.1, 0.15) is 6.54 Å². The lowest BCUT2D eigenvalue weighted by molar-refractivity contribution is -0.145. The molecule has 160 valence electrons. The van der Waals surface area contributed by atoms with E-state index >= 15 is 0 Å². The minimum absolute atomic E-state index is 0.135. The van der Waals surface area contributed by atoms with Gasteiger partial charge in [0, 0.05) is 10.7 Å². The van der Waals surface area contributed by atoms with E-state index in [0.717, 1.165) is 0 Å². The molecule has 1 aromatic heterocycles. The second-order valence-corrected chi connectivity index (χ2v) is 7.26. The van der Waals surface area contributed by atoms with Crippen molar-refractivity contribution in [2.24, 2.45) is 0 Å². The Morgan fingerprint density at radius 3 is 2.43 bits per heavy atom. The van der Waals surface area contributed by atoms with E-state index in [1.54, 1.807) is 13.8 Å². The highest BCUT2D eigenvalue weighted by molar-refractivity contribution is 6.36. The lowest BCUT2D eigenvalue weighted by atomic mass is 10.1. The van der Waals surface area contributed by atoms with Gasteiger partial charge in [-0.1, -0.05) is 23.2 Å². The standard InChI is InChI=1S/C20H20Cl2N2O6/c1-9-16(20(28)29-4)10(2)24-17(9)18(26)11(3)30-15(25)8-23-19(27)13-6-5-12(21)7-14(13)22/h5-7,11,24H,8H2,1-4H3,(H,23,27). The number of benzene rings is 1. The van der Waals surface area contributed by atoms with E-state index in [1.807, 2.05) is 0 Å². The number of carbonyl (C=O) groups is 4. The molecule has 0 bridgehead atoms. The number of nitrogens with one attached hydrogen (secondary N) is 2. The van der Waals surface area contributed by atoms with Gasteiger partial charge in [-0.2, -0.15) is 0 Å². The molecule has 0 aliphatic rings. The fourth-order valence-electron chi connectivity index (χ4n) is 2.82. The zero-order valence-corrected chi connectivity index (χ0v) is 18.2. The summed E-state index contributed by atoms with van der Waals surface area (Å²) in [6, 6.07) is 4.32. The monoisotopic (exact) mass is 454 g/mol. The van der Waals surface area contributed by atoms with Crippen LogP contribution in [0, 0.1) is 13.8 Å². The summed E-state index contributed by atoms with van der Waals surface area (Å²) >= 11 is 11.7. The Morgan fingerprint density at radius 1 is 1.17 bits per heavy atom. The van der Waals surface area contributed by atoms with Gasteiger partial charge in [0.2, 0.25) is 5.78 Å². The second-order valence-electron chi connectivity index (χ2n) is 6.42. The second kappa shape index (κ2) is 9.77. The lowest BCUT2D eigenvalue weighted by Crippen LogP contribution is -2.34. The largest absolute Gasteiger partial charge is 0.465 e. The highest BCUT2D eigenvalue weighted by Gasteiger charge is 2.27.